The van der Waals surface area contributed by atoms with Crippen molar-refractivity contribution in [1.29, 1.82) is 0 Å². The zero-order valence-electron chi connectivity index (χ0n) is 16.8. The predicted molar refractivity (Wildman–Crippen MR) is 109 cm³/mol. The van der Waals surface area contributed by atoms with Gasteiger partial charge in [-0.15, -0.1) is 0 Å². The fraction of sp³-hybridized carbons (Fsp3) is 0.364. The third-order valence-electron chi connectivity index (χ3n) is 4.34. The van der Waals surface area contributed by atoms with Crippen LogP contribution in [0.15, 0.2) is 41.5 Å². The van der Waals surface area contributed by atoms with E-state index in [4.69, 9.17) is 0 Å². The van der Waals surface area contributed by atoms with Crippen molar-refractivity contribution in [1.82, 2.24) is 5.43 Å². The molecule has 0 aliphatic heterocycles. The van der Waals surface area contributed by atoms with E-state index >= 15 is 0 Å². The van der Waals surface area contributed by atoms with Crippen LogP contribution in [-0.4, -0.2) is 22.3 Å². The zero-order valence-corrected chi connectivity index (χ0v) is 16.8. The first-order valence-electron chi connectivity index (χ1n) is 8.90. The third-order valence-corrected chi connectivity index (χ3v) is 4.34. The van der Waals surface area contributed by atoms with Crippen LogP contribution < -0.4 is 5.43 Å². The van der Waals surface area contributed by atoms with E-state index in [0.717, 1.165) is 5.56 Å². The van der Waals surface area contributed by atoms with Crippen molar-refractivity contribution < 1.29 is 15.0 Å². The van der Waals surface area contributed by atoms with Gasteiger partial charge in [0.1, 0.15) is 11.5 Å². The number of nitrogens with one attached hydrogen (secondary N) is 1. The fourth-order valence-corrected chi connectivity index (χ4v) is 2.63. The normalized spacial score (nSPS) is 12.4. The molecule has 2 rings (SSSR count). The number of aromatic hydroxyl groups is 2. The van der Waals surface area contributed by atoms with Gasteiger partial charge in [0.15, 0.2) is 0 Å². The number of carbonyl (C=O) groups excluding carboxylic acids is 1. The molecule has 5 heteroatoms. The van der Waals surface area contributed by atoms with Crippen molar-refractivity contribution in [3.63, 3.8) is 0 Å². The Morgan fingerprint density at radius 3 is 2.19 bits per heavy atom. The van der Waals surface area contributed by atoms with Crippen molar-refractivity contribution in [3.05, 3.63) is 58.7 Å². The van der Waals surface area contributed by atoms with Gasteiger partial charge in [-0.3, -0.25) is 4.79 Å². The van der Waals surface area contributed by atoms with Gasteiger partial charge in [-0.25, -0.2) is 5.43 Å². The Morgan fingerprint density at radius 1 is 1.00 bits per heavy atom. The van der Waals surface area contributed by atoms with Gasteiger partial charge >= 0.3 is 0 Å². The summed E-state index contributed by atoms with van der Waals surface area (Å²) in [6.07, 6.45) is 1.36. The minimum atomic E-state index is -0.504. The molecule has 0 saturated carbocycles. The molecule has 5 nitrogen and oxygen atoms in total. The first-order chi connectivity index (χ1) is 12.4. The number of rotatable bonds is 3. The molecule has 0 aromatic heterocycles. The number of phenols is 2. The fourth-order valence-electron chi connectivity index (χ4n) is 2.63. The average molecular weight is 368 g/mol. The van der Waals surface area contributed by atoms with Gasteiger partial charge in [0.05, 0.1) is 11.8 Å². The number of hydrazone groups is 1. The minimum absolute atomic E-state index is 0.0363. The standard InChI is InChI=1S/C22H28N2O3/c1-21(2,3)15-11-16(19(26)17(12-15)22(4,5)6)20(27)24-23-13-14-9-7-8-10-18(14)25/h7-13,25-26H,1-6H3,(H,24,27)/b23-13-. The minimum Gasteiger partial charge on any atom is -0.507 e. The SMILES string of the molecule is CC(C)(C)c1cc(C(=O)N/N=C\c2ccccc2O)c(O)c(C(C)(C)C)c1. The van der Waals surface area contributed by atoms with Crippen LogP contribution >= 0.6 is 0 Å². The first kappa shape index (κ1) is 20.5. The van der Waals surface area contributed by atoms with Crippen LogP contribution in [0.25, 0.3) is 0 Å². The molecule has 2 aromatic rings. The van der Waals surface area contributed by atoms with Crippen molar-refractivity contribution >= 4 is 12.1 Å². The van der Waals surface area contributed by atoms with Gasteiger partial charge < -0.3 is 10.2 Å². The summed E-state index contributed by atoms with van der Waals surface area (Å²) in [6.45, 7) is 12.2. The van der Waals surface area contributed by atoms with Crippen LogP contribution in [-0.2, 0) is 10.8 Å². The molecule has 0 fully saturated rings. The highest BCUT2D eigenvalue weighted by molar-refractivity contribution is 5.98. The van der Waals surface area contributed by atoms with E-state index in [0.29, 0.717) is 11.1 Å². The van der Waals surface area contributed by atoms with E-state index in [2.05, 4.69) is 31.3 Å². The molecular weight excluding hydrogens is 340 g/mol. The van der Waals surface area contributed by atoms with Crippen LogP contribution in [0.4, 0.5) is 0 Å². The maximum Gasteiger partial charge on any atom is 0.275 e. The topological polar surface area (TPSA) is 81.9 Å². The van der Waals surface area contributed by atoms with Crippen LogP contribution in [0.2, 0.25) is 0 Å². The van der Waals surface area contributed by atoms with Gasteiger partial charge in [-0.1, -0.05) is 59.7 Å². The van der Waals surface area contributed by atoms with E-state index in [1.807, 2.05) is 26.8 Å². The Kier molecular flexibility index (Phi) is 5.64. The summed E-state index contributed by atoms with van der Waals surface area (Å²) in [7, 11) is 0. The number of benzene rings is 2. The number of hydrogen-bond acceptors (Lipinski definition) is 4. The van der Waals surface area contributed by atoms with E-state index in [-0.39, 0.29) is 27.9 Å². The van der Waals surface area contributed by atoms with Crippen LogP contribution in [0.3, 0.4) is 0 Å². The number of phenolic OH excluding ortho intramolecular Hbond substituents is 2. The second-order valence-electron chi connectivity index (χ2n) is 8.68. The van der Waals surface area contributed by atoms with Crippen molar-refractivity contribution in [2.24, 2.45) is 5.10 Å². The van der Waals surface area contributed by atoms with E-state index in [9.17, 15) is 15.0 Å². The lowest BCUT2D eigenvalue weighted by Gasteiger charge is -2.27. The zero-order chi connectivity index (χ0) is 20.4. The number of para-hydroxylation sites is 1. The van der Waals surface area contributed by atoms with E-state index in [1.165, 1.54) is 12.3 Å². The van der Waals surface area contributed by atoms with E-state index in [1.54, 1.807) is 24.3 Å². The summed E-state index contributed by atoms with van der Waals surface area (Å²) < 4.78 is 0. The monoisotopic (exact) mass is 368 g/mol. The van der Waals surface area contributed by atoms with Crippen molar-refractivity contribution in [2.45, 2.75) is 52.4 Å². The molecule has 3 N–H and O–H groups in total. The molecule has 0 atom stereocenters. The predicted octanol–water partition coefficient (Wildman–Crippen LogP) is 4.46. The average Bonchev–Trinajstić information content (AvgIpc) is 2.54. The summed E-state index contributed by atoms with van der Waals surface area (Å²) in [6, 6.07) is 10.3. The highest BCUT2D eigenvalue weighted by atomic mass is 16.3. The molecule has 0 aliphatic rings. The smallest absolute Gasteiger partial charge is 0.275 e. The third kappa shape index (κ3) is 4.88. The lowest BCUT2D eigenvalue weighted by atomic mass is 9.79. The number of carbonyl (C=O) groups is 1. The summed E-state index contributed by atoms with van der Waals surface area (Å²) in [4.78, 5) is 12.7. The molecule has 0 unspecified atom stereocenters. The molecule has 0 saturated heterocycles. The number of hydrogen-bond donors (Lipinski definition) is 3. The second kappa shape index (κ2) is 7.43. The van der Waals surface area contributed by atoms with Gasteiger partial charge in [-0.2, -0.15) is 5.10 Å². The molecule has 0 spiro atoms. The largest absolute Gasteiger partial charge is 0.507 e. The molecule has 27 heavy (non-hydrogen) atoms. The quantitative estimate of drug-likeness (QED) is 0.553. The Hall–Kier alpha value is -2.82. The Morgan fingerprint density at radius 2 is 1.63 bits per heavy atom. The number of nitrogens with zero attached hydrogens (tertiary/aromatic N) is 1. The van der Waals surface area contributed by atoms with Crippen LogP contribution in [0.1, 0.15) is 68.6 Å². The van der Waals surface area contributed by atoms with Gasteiger partial charge in [0, 0.05) is 11.1 Å². The Balaban J connectivity index is 2.38. The molecule has 1 amide bonds. The Bertz CT molecular complexity index is 872. The first-order valence-corrected chi connectivity index (χ1v) is 8.90. The summed E-state index contributed by atoms with van der Waals surface area (Å²) >= 11 is 0. The summed E-state index contributed by atoms with van der Waals surface area (Å²) in [5.41, 5.74) is 4.27. The van der Waals surface area contributed by atoms with Crippen LogP contribution in [0, 0.1) is 0 Å². The molecular formula is C22H28N2O3. The van der Waals surface area contributed by atoms with Gasteiger partial charge in [0.25, 0.3) is 5.91 Å². The van der Waals surface area contributed by atoms with Crippen LogP contribution in [0.5, 0.6) is 11.5 Å². The Labute approximate surface area is 160 Å². The highest BCUT2D eigenvalue weighted by Crippen LogP contribution is 2.37. The molecule has 0 bridgehead atoms. The maximum absolute atomic E-state index is 12.7. The lowest BCUT2D eigenvalue weighted by Crippen LogP contribution is -2.22. The summed E-state index contributed by atoms with van der Waals surface area (Å²) in [5, 5.41) is 24.3. The molecule has 0 heterocycles. The van der Waals surface area contributed by atoms with Crippen molar-refractivity contribution in [3.8, 4) is 11.5 Å². The summed E-state index contributed by atoms with van der Waals surface area (Å²) in [5.74, 6) is -0.468. The molecule has 144 valence electrons. The van der Waals surface area contributed by atoms with E-state index < -0.39 is 5.91 Å². The maximum atomic E-state index is 12.7. The second-order valence-corrected chi connectivity index (χ2v) is 8.68. The van der Waals surface area contributed by atoms with Crippen molar-refractivity contribution in [2.75, 3.05) is 0 Å². The number of amides is 1. The molecule has 2 aromatic carbocycles. The molecule has 0 aliphatic carbocycles. The highest BCUT2D eigenvalue weighted by Gasteiger charge is 2.27. The van der Waals surface area contributed by atoms with Gasteiger partial charge in [0.2, 0.25) is 0 Å². The van der Waals surface area contributed by atoms with Gasteiger partial charge in [-0.05, 0) is 34.6 Å². The lowest BCUT2D eigenvalue weighted by molar-refractivity contribution is 0.0952. The molecule has 0 radical (unpaired) electrons.